The Morgan fingerprint density at radius 2 is 1.63 bits per heavy atom. The van der Waals surface area contributed by atoms with Crippen molar-refractivity contribution in [3.63, 3.8) is 0 Å². The van der Waals surface area contributed by atoms with Gasteiger partial charge in [-0.1, -0.05) is 0 Å². The summed E-state index contributed by atoms with van der Waals surface area (Å²) < 4.78 is 5.26. The number of rotatable bonds is 4. The van der Waals surface area contributed by atoms with Crippen LogP contribution in [-0.2, 0) is 22.0 Å². The molecule has 1 nitrogen and oxygen atoms in total. The molecule has 0 saturated carbocycles. The predicted molar refractivity (Wildman–Crippen MR) is 121 cm³/mol. The van der Waals surface area contributed by atoms with Gasteiger partial charge in [-0.15, -0.1) is 24.8 Å². The fourth-order valence-electron chi connectivity index (χ4n) is 4.83. The van der Waals surface area contributed by atoms with Crippen LogP contribution < -0.4 is 0 Å². The fourth-order valence-corrected chi connectivity index (χ4v) is 14.3. The van der Waals surface area contributed by atoms with Crippen molar-refractivity contribution in [2.45, 2.75) is 24.7 Å². The monoisotopic (exact) mass is 495 g/mol. The van der Waals surface area contributed by atoms with Crippen LogP contribution in [0.3, 0.4) is 0 Å². The molecule has 5 heteroatoms. The van der Waals surface area contributed by atoms with E-state index in [2.05, 4.69) is 82.9 Å². The van der Waals surface area contributed by atoms with E-state index in [-0.39, 0.29) is 34.5 Å². The number of fused-ring (bicyclic) bond motifs is 2. The Hall–Kier alpha value is -0.440. The zero-order chi connectivity index (χ0) is 17.7. The fraction of sp³-hybridized carbons (Fsp3) is 0.273. The first-order valence-corrected chi connectivity index (χ1v) is 21.1. The molecule has 1 N–H and O–H groups in total. The van der Waals surface area contributed by atoms with Crippen LogP contribution in [0.5, 0.6) is 0 Å². The van der Waals surface area contributed by atoms with Crippen molar-refractivity contribution < 1.29 is 24.0 Å². The summed E-state index contributed by atoms with van der Waals surface area (Å²) in [6.45, 7) is 2.53. The number of halogens is 2. The molecule has 4 rings (SSSR count). The quantitative estimate of drug-likeness (QED) is 0.582. The van der Waals surface area contributed by atoms with Crippen molar-refractivity contribution in [2.75, 3.05) is 6.61 Å². The number of allylic oxidation sites excluding steroid dienone is 1. The standard InChI is InChI=1S/C20H17O.2CH3.2ClH.H2Si.Zr/c21-12-11-16-13-15-6-2-4-8-18(15)20(16)19-10-9-14-5-1-3-7-17(14)19;;;;;;/h1-10,13,20-21H,11-12H2;2*1H3;2*1H;1H2;. The zero-order valence-electron chi connectivity index (χ0n) is 15.8. The van der Waals surface area contributed by atoms with Gasteiger partial charge in [-0.3, -0.25) is 0 Å². The molecule has 0 spiro atoms. The number of hydrogen-bond donors (Lipinski definition) is 1. The van der Waals surface area contributed by atoms with Crippen LogP contribution in [0.4, 0.5) is 0 Å². The SMILES string of the molecule is Cl.Cl.[CH3][Zr]([CH3])(=[SiH2])[C]1(C2C(CCO)=Cc3ccccc32)C=Cc2ccccc21. The molecule has 0 bridgehead atoms. The third-order valence-electron chi connectivity index (χ3n) is 5.93. The van der Waals surface area contributed by atoms with Crippen molar-refractivity contribution in [2.24, 2.45) is 0 Å². The molecular weight excluding hydrogens is 470 g/mol. The Morgan fingerprint density at radius 3 is 2.30 bits per heavy atom. The van der Waals surface area contributed by atoms with E-state index in [1.54, 1.807) is 0 Å². The molecule has 2 aliphatic carbocycles. The van der Waals surface area contributed by atoms with Crippen LogP contribution in [0.1, 0.15) is 34.6 Å². The Kier molecular flexibility index (Phi) is 7.20. The first kappa shape index (κ1) is 22.8. The van der Waals surface area contributed by atoms with E-state index in [1.807, 2.05) is 0 Å². The van der Waals surface area contributed by atoms with E-state index < -0.39 is 18.9 Å². The summed E-state index contributed by atoms with van der Waals surface area (Å²) in [7, 11) is 0. The Bertz CT molecular complexity index is 947. The molecular formula is C22H27Cl2OSiZr. The Balaban J connectivity index is 0.00000131. The molecule has 2 unspecified atom stereocenters. The average molecular weight is 498 g/mol. The summed E-state index contributed by atoms with van der Waals surface area (Å²) in [6, 6.07) is 17.8. The van der Waals surface area contributed by atoms with Crippen LogP contribution in [0.25, 0.3) is 12.2 Å². The molecule has 0 fully saturated rings. The van der Waals surface area contributed by atoms with E-state index in [9.17, 15) is 5.11 Å². The number of aliphatic hydroxyl groups is 1. The first-order chi connectivity index (χ1) is 12.0. The maximum absolute atomic E-state index is 9.71. The zero-order valence-corrected chi connectivity index (χ0v) is 21.3. The summed E-state index contributed by atoms with van der Waals surface area (Å²) >= 11 is -2.48. The summed E-state index contributed by atoms with van der Waals surface area (Å²) in [5.74, 6) is 0.374. The predicted octanol–water partition coefficient (Wildman–Crippen LogP) is 5.11. The van der Waals surface area contributed by atoms with Gasteiger partial charge < -0.3 is 0 Å². The molecule has 143 valence electrons. The van der Waals surface area contributed by atoms with Crippen LogP contribution in [0.2, 0.25) is 9.26 Å². The summed E-state index contributed by atoms with van der Waals surface area (Å²) in [4.78, 5) is 0. The van der Waals surface area contributed by atoms with Gasteiger partial charge in [0.1, 0.15) is 0 Å². The molecule has 0 amide bonds. The van der Waals surface area contributed by atoms with Gasteiger partial charge in [0.05, 0.1) is 0 Å². The van der Waals surface area contributed by atoms with Gasteiger partial charge in [-0.2, -0.15) is 0 Å². The topological polar surface area (TPSA) is 20.2 Å². The van der Waals surface area contributed by atoms with Crippen molar-refractivity contribution in [3.8, 4) is 0 Å². The van der Waals surface area contributed by atoms with Gasteiger partial charge in [0, 0.05) is 0 Å². The van der Waals surface area contributed by atoms with Gasteiger partial charge >= 0.3 is 157 Å². The van der Waals surface area contributed by atoms with E-state index in [0.29, 0.717) is 5.92 Å². The van der Waals surface area contributed by atoms with E-state index in [0.717, 1.165) is 6.42 Å². The molecule has 0 saturated heterocycles. The second-order valence-corrected chi connectivity index (χ2v) is 29.7. The normalized spacial score (nSPS) is 22.3. The van der Waals surface area contributed by atoms with Crippen LogP contribution in [-0.4, -0.2) is 18.6 Å². The molecule has 2 atom stereocenters. The second kappa shape index (κ2) is 8.51. The van der Waals surface area contributed by atoms with Crippen molar-refractivity contribution in [1.82, 2.24) is 0 Å². The summed E-state index contributed by atoms with van der Waals surface area (Å²) in [5.41, 5.74) is 7.08. The second-order valence-electron chi connectivity index (χ2n) is 7.93. The number of hydrogen-bond acceptors (Lipinski definition) is 1. The molecule has 0 aliphatic heterocycles. The number of benzene rings is 2. The van der Waals surface area contributed by atoms with Crippen molar-refractivity contribution in [3.05, 3.63) is 82.4 Å². The third-order valence-corrected chi connectivity index (χ3v) is 16.7. The van der Waals surface area contributed by atoms with Gasteiger partial charge in [-0.05, 0) is 0 Å². The third kappa shape index (κ3) is 3.51. The Labute approximate surface area is 180 Å². The van der Waals surface area contributed by atoms with Crippen LogP contribution >= 0.6 is 24.8 Å². The maximum atomic E-state index is 9.71. The molecule has 0 aromatic heterocycles. The first-order valence-electron chi connectivity index (χ1n) is 9.03. The minimum atomic E-state index is -2.48. The Morgan fingerprint density at radius 1 is 1.00 bits per heavy atom. The molecule has 27 heavy (non-hydrogen) atoms. The van der Waals surface area contributed by atoms with Gasteiger partial charge in [-0.25, -0.2) is 0 Å². The van der Waals surface area contributed by atoms with Crippen molar-refractivity contribution in [1.29, 1.82) is 0 Å². The van der Waals surface area contributed by atoms with E-state index in [4.69, 9.17) is 0 Å². The molecule has 0 radical (unpaired) electrons. The average Bonchev–Trinajstić information content (AvgIpc) is 3.13. The van der Waals surface area contributed by atoms with Gasteiger partial charge in [0.2, 0.25) is 0 Å². The van der Waals surface area contributed by atoms with E-state index in [1.165, 1.54) is 27.8 Å². The summed E-state index contributed by atoms with van der Waals surface area (Å²) in [5, 5.41) is 9.71. The van der Waals surface area contributed by atoms with Crippen molar-refractivity contribution >= 4 is 43.8 Å². The van der Waals surface area contributed by atoms with Crippen LogP contribution in [0.15, 0.2) is 60.2 Å². The molecule has 2 aromatic rings. The molecule has 2 aliphatic rings. The van der Waals surface area contributed by atoms with Gasteiger partial charge in [0.25, 0.3) is 0 Å². The van der Waals surface area contributed by atoms with Gasteiger partial charge in [0.15, 0.2) is 0 Å². The molecule has 0 heterocycles. The van der Waals surface area contributed by atoms with Crippen LogP contribution in [0, 0.1) is 0 Å². The van der Waals surface area contributed by atoms with E-state index >= 15 is 0 Å². The number of aliphatic hydroxyl groups excluding tert-OH is 1. The minimum absolute atomic E-state index is 0. The summed E-state index contributed by atoms with van der Waals surface area (Å²) in [6.07, 6.45) is 7.98. The molecule has 2 aromatic carbocycles.